The molecule has 0 amide bonds. The van der Waals surface area contributed by atoms with E-state index < -0.39 is 0 Å². The fourth-order valence-electron chi connectivity index (χ4n) is 1.84. The number of anilines is 1. The number of rotatable bonds is 4. The van der Waals surface area contributed by atoms with Crippen LogP contribution >= 0.6 is 0 Å². The van der Waals surface area contributed by atoms with Crippen molar-refractivity contribution < 1.29 is 0 Å². The van der Waals surface area contributed by atoms with Gasteiger partial charge in [0, 0.05) is 5.56 Å². The third-order valence-corrected chi connectivity index (χ3v) is 2.78. The van der Waals surface area contributed by atoms with Gasteiger partial charge in [0.25, 0.3) is 0 Å². The average molecular weight is 230 g/mol. The zero-order chi connectivity index (χ0) is 12.3. The maximum Gasteiger partial charge on any atom is 0.130 e. The first-order valence-electron chi connectivity index (χ1n) is 5.82. The van der Waals surface area contributed by atoms with Gasteiger partial charge in [-0.2, -0.15) is 5.10 Å². The summed E-state index contributed by atoms with van der Waals surface area (Å²) in [7, 11) is 0. The molecular formula is C13H18N4. The van der Waals surface area contributed by atoms with Crippen molar-refractivity contribution in [2.45, 2.75) is 19.8 Å². The molecule has 4 nitrogen and oxygen atoms in total. The van der Waals surface area contributed by atoms with Gasteiger partial charge in [-0.25, -0.2) is 4.68 Å². The van der Waals surface area contributed by atoms with Crippen molar-refractivity contribution in [3.8, 4) is 5.69 Å². The van der Waals surface area contributed by atoms with E-state index in [1.165, 1.54) is 5.56 Å². The lowest BCUT2D eigenvalue weighted by molar-refractivity contribution is 0.834. The van der Waals surface area contributed by atoms with Gasteiger partial charge >= 0.3 is 0 Å². The SMILES string of the molecule is Cc1cccc(-n2ncc(CCCN)c2N)c1. The molecule has 1 aromatic heterocycles. The number of benzene rings is 1. The average Bonchev–Trinajstić information content (AvgIpc) is 2.68. The third-order valence-electron chi connectivity index (χ3n) is 2.78. The number of nitrogens with two attached hydrogens (primary N) is 2. The molecule has 0 saturated heterocycles. The molecular weight excluding hydrogens is 212 g/mol. The molecule has 0 bridgehead atoms. The number of nitrogens with zero attached hydrogens (tertiary/aromatic N) is 2. The first-order chi connectivity index (χ1) is 8.22. The summed E-state index contributed by atoms with van der Waals surface area (Å²) in [5, 5.41) is 4.33. The molecule has 0 aliphatic heterocycles. The van der Waals surface area contributed by atoms with E-state index in [1.54, 1.807) is 4.68 Å². The van der Waals surface area contributed by atoms with E-state index in [0.29, 0.717) is 12.4 Å². The molecule has 90 valence electrons. The normalized spacial score (nSPS) is 10.7. The van der Waals surface area contributed by atoms with Crippen LogP contribution in [0, 0.1) is 6.92 Å². The minimum atomic E-state index is 0.676. The van der Waals surface area contributed by atoms with Gasteiger partial charge in [0.1, 0.15) is 5.82 Å². The first-order valence-corrected chi connectivity index (χ1v) is 5.82. The molecule has 1 heterocycles. The highest BCUT2D eigenvalue weighted by atomic mass is 15.3. The van der Waals surface area contributed by atoms with E-state index in [9.17, 15) is 0 Å². The number of aromatic nitrogens is 2. The molecule has 0 atom stereocenters. The van der Waals surface area contributed by atoms with Gasteiger partial charge in [-0.05, 0) is 44.0 Å². The number of aryl methyl sites for hydroxylation is 2. The summed E-state index contributed by atoms with van der Waals surface area (Å²) in [6, 6.07) is 8.13. The Balaban J connectivity index is 2.30. The van der Waals surface area contributed by atoms with Gasteiger partial charge in [-0.3, -0.25) is 0 Å². The molecule has 4 heteroatoms. The Morgan fingerprint density at radius 1 is 1.35 bits per heavy atom. The molecule has 1 aromatic carbocycles. The van der Waals surface area contributed by atoms with Crippen LogP contribution in [-0.2, 0) is 6.42 Å². The van der Waals surface area contributed by atoms with Crippen LogP contribution in [0.3, 0.4) is 0 Å². The topological polar surface area (TPSA) is 69.9 Å². The maximum absolute atomic E-state index is 6.09. The second-order valence-electron chi connectivity index (χ2n) is 4.20. The van der Waals surface area contributed by atoms with Crippen LogP contribution < -0.4 is 11.5 Å². The highest BCUT2D eigenvalue weighted by Crippen LogP contribution is 2.18. The Labute approximate surface area is 101 Å². The standard InChI is InChI=1S/C13H18N4/c1-10-4-2-6-12(8-10)17-13(15)11(9-16-17)5-3-7-14/h2,4,6,8-9H,3,5,7,14-15H2,1H3. The molecule has 0 unspecified atom stereocenters. The van der Waals surface area contributed by atoms with Gasteiger partial charge in [-0.15, -0.1) is 0 Å². The van der Waals surface area contributed by atoms with E-state index in [-0.39, 0.29) is 0 Å². The first kappa shape index (κ1) is 11.7. The van der Waals surface area contributed by atoms with Crippen molar-refractivity contribution in [2.75, 3.05) is 12.3 Å². The summed E-state index contributed by atoms with van der Waals surface area (Å²) >= 11 is 0. The Hall–Kier alpha value is -1.81. The van der Waals surface area contributed by atoms with Crippen molar-refractivity contribution in [3.05, 3.63) is 41.6 Å². The minimum absolute atomic E-state index is 0.676. The Morgan fingerprint density at radius 2 is 2.18 bits per heavy atom. The molecule has 2 aromatic rings. The van der Waals surface area contributed by atoms with Crippen LogP contribution in [0.1, 0.15) is 17.5 Å². The second kappa shape index (κ2) is 5.01. The van der Waals surface area contributed by atoms with E-state index in [2.05, 4.69) is 24.2 Å². The van der Waals surface area contributed by atoms with Crippen LogP contribution in [0.4, 0.5) is 5.82 Å². The number of hydrogen-bond donors (Lipinski definition) is 2. The lowest BCUT2D eigenvalue weighted by Gasteiger charge is -2.06. The highest BCUT2D eigenvalue weighted by Gasteiger charge is 2.08. The Kier molecular flexibility index (Phi) is 3.44. The predicted octanol–water partition coefficient (Wildman–Crippen LogP) is 1.65. The van der Waals surface area contributed by atoms with Gasteiger partial charge in [0.2, 0.25) is 0 Å². The van der Waals surface area contributed by atoms with E-state index in [4.69, 9.17) is 11.5 Å². The van der Waals surface area contributed by atoms with Crippen LogP contribution in [0.2, 0.25) is 0 Å². The summed E-state index contributed by atoms with van der Waals surface area (Å²) in [5.74, 6) is 0.712. The smallest absolute Gasteiger partial charge is 0.130 e. The van der Waals surface area contributed by atoms with Gasteiger partial charge < -0.3 is 11.5 Å². The molecule has 0 fully saturated rings. The lowest BCUT2D eigenvalue weighted by atomic mass is 10.2. The van der Waals surface area contributed by atoms with Crippen molar-refractivity contribution >= 4 is 5.82 Å². The summed E-state index contributed by atoms with van der Waals surface area (Å²) < 4.78 is 1.78. The molecule has 4 N–H and O–H groups in total. The van der Waals surface area contributed by atoms with Crippen LogP contribution in [-0.4, -0.2) is 16.3 Å². The van der Waals surface area contributed by atoms with Gasteiger partial charge in [0.15, 0.2) is 0 Å². The Bertz CT molecular complexity index is 502. The van der Waals surface area contributed by atoms with E-state index in [0.717, 1.165) is 24.1 Å². The largest absolute Gasteiger partial charge is 0.383 e. The monoisotopic (exact) mass is 230 g/mol. The minimum Gasteiger partial charge on any atom is -0.383 e. The van der Waals surface area contributed by atoms with Crippen LogP contribution in [0.15, 0.2) is 30.5 Å². The summed E-state index contributed by atoms with van der Waals surface area (Å²) in [5.41, 5.74) is 14.8. The molecule has 0 radical (unpaired) electrons. The third kappa shape index (κ3) is 2.47. The number of hydrogen-bond acceptors (Lipinski definition) is 3. The zero-order valence-corrected chi connectivity index (χ0v) is 10.1. The molecule has 0 aliphatic rings. The second-order valence-corrected chi connectivity index (χ2v) is 4.20. The van der Waals surface area contributed by atoms with Crippen LogP contribution in [0.5, 0.6) is 0 Å². The van der Waals surface area contributed by atoms with Crippen molar-refractivity contribution in [2.24, 2.45) is 5.73 Å². The summed E-state index contributed by atoms with van der Waals surface area (Å²) in [6.07, 6.45) is 3.64. The van der Waals surface area contributed by atoms with Crippen molar-refractivity contribution in [1.82, 2.24) is 9.78 Å². The fourth-order valence-corrected chi connectivity index (χ4v) is 1.84. The maximum atomic E-state index is 6.09. The van der Waals surface area contributed by atoms with E-state index >= 15 is 0 Å². The highest BCUT2D eigenvalue weighted by molar-refractivity contribution is 5.47. The summed E-state index contributed by atoms with van der Waals surface area (Å²) in [6.45, 7) is 2.73. The number of nitrogen functional groups attached to an aromatic ring is 1. The zero-order valence-electron chi connectivity index (χ0n) is 10.1. The van der Waals surface area contributed by atoms with Gasteiger partial charge in [0.05, 0.1) is 11.9 Å². The predicted molar refractivity (Wildman–Crippen MR) is 70.1 cm³/mol. The quantitative estimate of drug-likeness (QED) is 0.839. The molecule has 0 spiro atoms. The summed E-state index contributed by atoms with van der Waals surface area (Å²) in [4.78, 5) is 0. The van der Waals surface area contributed by atoms with Crippen LogP contribution in [0.25, 0.3) is 5.69 Å². The van der Waals surface area contributed by atoms with E-state index in [1.807, 2.05) is 18.3 Å². The van der Waals surface area contributed by atoms with Gasteiger partial charge in [-0.1, -0.05) is 12.1 Å². The molecule has 2 rings (SSSR count). The lowest BCUT2D eigenvalue weighted by Crippen LogP contribution is -2.05. The molecule has 0 aliphatic carbocycles. The molecule has 0 saturated carbocycles. The Morgan fingerprint density at radius 3 is 2.88 bits per heavy atom. The van der Waals surface area contributed by atoms with Crippen molar-refractivity contribution in [3.63, 3.8) is 0 Å². The molecule has 17 heavy (non-hydrogen) atoms. The van der Waals surface area contributed by atoms with Crippen molar-refractivity contribution in [1.29, 1.82) is 0 Å². The fraction of sp³-hybridized carbons (Fsp3) is 0.308.